The summed E-state index contributed by atoms with van der Waals surface area (Å²) in [6.07, 6.45) is 1.65. The van der Waals surface area contributed by atoms with Crippen molar-refractivity contribution in [1.82, 2.24) is 15.5 Å². The Morgan fingerprint density at radius 1 is 1.59 bits per heavy atom. The van der Waals surface area contributed by atoms with Crippen molar-refractivity contribution in [3.63, 3.8) is 0 Å². The van der Waals surface area contributed by atoms with Crippen molar-refractivity contribution >= 4 is 5.97 Å². The van der Waals surface area contributed by atoms with Gasteiger partial charge in [-0.15, -0.1) is 0 Å². The third kappa shape index (κ3) is 2.73. The van der Waals surface area contributed by atoms with Gasteiger partial charge >= 0.3 is 5.97 Å². The summed E-state index contributed by atoms with van der Waals surface area (Å²) in [4.78, 5) is 10.4. The van der Waals surface area contributed by atoms with Crippen LogP contribution >= 0.6 is 0 Å². The molecule has 17 heavy (non-hydrogen) atoms. The van der Waals surface area contributed by atoms with Crippen LogP contribution in [0.25, 0.3) is 11.5 Å². The Kier molecular flexibility index (Phi) is 3.24. The molecule has 3 N–H and O–H groups in total. The average molecular weight is 235 g/mol. The average Bonchev–Trinajstić information content (AvgIpc) is 2.86. The van der Waals surface area contributed by atoms with E-state index in [1.807, 2.05) is 19.1 Å². The molecule has 0 aliphatic rings. The van der Waals surface area contributed by atoms with E-state index in [0.717, 1.165) is 17.0 Å². The second-order valence-corrected chi connectivity index (χ2v) is 3.68. The molecule has 90 valence electrons. The van der Waals surface area contributed by atoms with Gasteiger partial charge < -0.3 is 14.8 Å². The Hall–Kier alpha value is -2.08. The number of carbonyl (C=O) groups is 1. The first-order valence-corrected chi connectivity index (χ1v) is 5.18. The molecule has 6 heteroatoms. The first kappa shape index (κ1) is 11.4. The van der Waals surface area contributed by atoms with Gasteiger partial charge in [-0.1, -0.05) is 0 Å². The second kappa shape index (κ2) is 4.84. The molecule has 2 aromatic rings. The fourth-order valence-corrected chi connectivity index (χ4v) is 1.53. The zero-order valence-electron chi connectivity index (χ0n) is 9.36. The van der Waals surface area contributed by atoms with E-state index in [2.05, 4.69) is 15.5 Å². The molecule has 0 bridgehead atoms. The molecule has 0 spiro atoms. The topological polar surface area (TPSA) is 91.2 Å². The molecule has 0 saturated carbocycles. The minimum Gasteiger partial charge on any atom is -0.480 e. The monoisotopic (exact) mass is 235 g/mol. The van der Waals surface area contributed by atoms with Crippen LogP contribution in [0.3, 0.4) is 0 Å². The molecule has 0 aliphatic carbocycles. The molecular weight excluding hydrogens is 222 g/mol. The Morgan fingerprint density at radius 3 is 3.06 bits per heavy atom. The van der Waals surface area contributed by atoms with Gasteiger partial charge in [-0.25, -0.2) is 0 Å². The number of hydrogen-bond donors (Lipinski definition) is 3. The van der Waals surface area contributed by atoms with Crippen LogP contribution in [0.1, 0.15) is 11.3 Å². The van der Waals surface area contributed by atoms with Crippen LogP contribution in [-0.4, -0.2) is 27.8 Å². The van der Waals surface area contributed by atoms with E-state index >= 15 is 0 Å². The number of carboxylic acid groups (broad SMARTS) is 1. The maximum Gasteiger partial charge on any atom is 0.317 e. The Morgan fingerprint density at radius 2 is 2.41 bits per heavy atom. The van der Waals surface area contributed by atoms with Crippen molar-refractivity contribution in [3.8, 4) is 11.5 Å². The Bertz CT molecular complexity index is 516. The minimum atomic E-state index is -0.885. The summed E-state index contributed by atoms with van der Waals surface area (Å²) in [7, 11) is 0. The predicted molar refractivity (Wildman–Crippen MR) is 60.4 cm³/mol. The molecule has 0 atom stereocenters. The molecule has 0 aliphatic heterocycles. The number of nitrogens with zero attached hydrogens (tertiary/aromatic N) is 1. The van der Waals surface area contributed by atoms with E-state index < -0.39 is 5.97 Å². The maximum absolute atomic E-state index is 10.4. The highest BCUT2D eigenvalue weighted by Crippen LogP contribution is 2.22. The van der Waals surface area contributed by atoms with Crippen LogP contribution in [-0.2, 0) is 11.3 Å². The Labute approximate surface area is 97.6 Å². The zero-order valence-corrected chi connectivity index (χ0v) is 9.36. The molecule has 2 heterocycles. The number of carboxylic acids is 1. The molecule has 0 saturated heterocycles. The number of nitrogens with one attached hydrogen (secondary N) is 2. The van der Waals surface area contributed by atoms with Crippen molar-refractivity contribution in [2.45, 2.75) is 13.5 Å². The lowest BCUT2D eigenvalue weighted by atomic mass is 10.2. The lowest BCUT2D eigenvalue weighted by Crippen LogP contribution is -2.21. The van der Waals surface area contributed by atoms with Gasteiger partial charge in [-0.3, -0.25) is 9.89 Å². The molecule has 2 rings (SSSR count). The summed E-state index contributed by atoms with van der Waals surface area (Å²) in [5.41, 5.74) is 1.65. The van der Waals surface area contributed by atoms with Crippen molar-refractivity contribution < 1.29 is 14.3 Å². The SMILES string of the molecule is Cc1ccc(-c2[nH]ncc2CNCC(=O)O)o1. The number of aliphatic carboxylic acids is 1. The number of furan rings is 1. The van der Waals surface area contributed by atoms with E-state index in [1.54, 1.807) is 6.20 Å². The summed E-state index contributed by atoms with van der Waals surface area (Å²) in [5.74, 6) is 0.634. The number of H-pyrrole nitrogens is 1. The second-order valence-electron chi connectivity index (χ2n) is 3.68. The van der Waals surface area contributed by atoms with Gasteiger partial charge in [0, 0.05) is 12.1 Å². The predicted octanol–water partition coefficient (Wildman–Crippen LogP) is 1.15. The highest BCUT2D eigenvalue weighted by molar-refractivity contribution is 5.69. The third-order valence-corrected chi connectivity index (χ3v) is 2.30. The van der Waals surface area contributed by atoms with Crippen LogP contribution in [0.4, 0.5) is 0 Å². The normalized spacial score (nSPS) is 10.6. The molecular formula is C11H13N3O3. The van der Waals surface area contributed by atoms with E-state index in [9.17, 15) is 4.79 Å². The molecule has 2 aromatic heterocycles. The van der Waals surface area contributed by atoms with Gasteiger partial charge in [0.15, 0.2) is 5.76 Å². The van der Waals surface area contributed by atoms with Crippen LogP contribution < -0.4 is 5.32 Å². The highest BCUT2D eigenvalue weighted by atomic mass is 16.4. The first-order valence-electron chi connectivity index (χ1n) is 5.18. The molecule has 0 fully saturated rings. The quantitative estimate of drug-likeness (QED) is 0.723. The number of hydrogen-bond acceptors (Lipinski definition) is 4. The molecule has 6 nitrogen and oxygen atoms in total. The van der Waals surface area contributed by atoms with Crippen LogP contribution in [0.5, 0.6) is 0 Å². The van der Waals surface area contributed by atoms with E-state index in [1.165, 1.54) is 0 Å². The summed E-state index contributed by atoms with van der Waals surface area (Å²) in [5, 5.41) is 18.1. The maximum atomic E-state index is 10.4. The zero-order chi connectivity index (χ0) is 12.3. The van der Waals surface area contributed by atoms with E-state index in [4.69, 9.17) is 9.52 Å². The molecule has 0 unspecified atom stereocenters. The largest absolute Gasteiger partial charge is 0.480 e. The van der Waals surface area contributed by atoms with Gasteiger partial charge in [0.25, 0.3) is 0 Å². The fraction of sp³-hybridized carbons (Fsp3) is 0.273. The van der Waals surface area contributed by atoms with Gasteiger partial charge in [0.1, 0.15) is 11.5 Å². The molecule has 0 aromatic carbocycles. The van der Waals surface area contributed by atoms with Crippen LogP contribution in [0, 0.1) is 6.92 Å². The highest BCUT2D eigenvalue weighted by Gasteiger charge is 2.10. The lowest BCUT2D eigenvalue weighted by molar-refractivity contribution is -0.135. The van der Waals surface area contributed by atoms with Crippen molar-refractivity contribution in [2.75, 3.05) is 6.54 Å². The van der Waals surface area contributed by atoms with E-state index in [-0.39, 0.29) is 6.54 Å². The Balaban J connectivity index is 2.09. The lowest BCUT2D eigenvalue weighted by Gasteiger charge is -2.01. The summed E-state index contributed by atoms with van der Waals surface area (Å²) < 4.78 is 5.48. The first-order chi connectivity index (χ1) is 8.16. The number of rotatable bonds is 5. The fourth-order valence-electron chi connectivity index (χ4n) is 1.53. The van der Waals surface area contributed by atoms with E-state index in [0.29, 0.717) is 12.3 Å². The number of aryl methyl sites for hydroxylation is 1. The van der Waals surface area contributed by atoms with Crippen molar-refractivity contribution in [2.24, 2.45) is 0 Å². The minimum absolute atomic E-state index is 0.0815. The van der Waals surface area contributed by atoms with Crippen molar-refractivity contribution in [1.29, 1.82) is 0 Å². The summed E-state index contributed by atoms with van der Waals surface area (Å²) >= 11 is 0. The molecule has 0 radical (unpaired) electrons. The van der Waals surface area contributed by atoms with Gasteiger partial charge in [0.2, 0.25) is 0 Å². The summed E-state index contributed by atoms with van der Waals surface area (Å²) in [6.45, 7) is 2.21. The smallest absolute Gasteiger partial charge is 0.317 e. The summed E-state index contributed by atoms with van der Waals surface area (Å²) in [6, 6.07) is 3.72. The van der Waals surface area contributed by atoms with Crippen molar-refractivity contribution in [3.05, 3.63) is 29.7 Å². The van der Waals surface area contributed by atoms with Gasteiger partial charge in [0.05, 0.1) is 12.7 Å². The molecule has 0 amide bonds. The third-order valence-electron chi connectivity index (χ3n) is 2.30. The number of aromatic nitrogens is 2. The van der Waals surface area contributed by atoms with Gasteiger partial charge in [-0.05, 0) is 19.1 Å². The van der Waals surface area contributed by atoms with Crippen LogP contribution in [0.2, 0.25) is 0 Å². The number of aromatic amines is 1. The van der Waals surface area contributed by atoms with Gasteiger partial charge in [-0.2, -0.15) is 5.10 Å². The standard InChI is InChI=1S/C11H13N3O3/c1-7-2-3-9(17-7)11-8(5-13-14-11)4-12-6-10(15)16/h2-3,5,12H,4,6H2,1H3,(H,13,14)(H,15,16). The van der Waals surface area contributed by atoms with Crippen LogP contribution in [0.15, 0.2) is 22.7 Å².